The van der Waals surface area contributed by atoms with Crippen molar-refractivity contribution in [3.63, 3.8) is 0 Å². The first kappa shape index (κ1) is 24.1. The van der Waals surface area contributed by atoms with E-state index < -0.39 is 29.3 Å². The molecule has 2 aliphatic rings. The third-order valence-corrected chi connectivity index (χ3v) is 5.92. The molecule has 1 heterocycles. The Bertz CT molecular complexity index is 1000. The largest absolute Gasteiger partial charge is 0.478 e. The van der Waals surface area contributed by atoms with Crippen LogP contribution in [0.25, 0.3) is 0 Å². The average molecular weight is 456 g/mol. The van der Waals surface area contributed by atoms with Crippen LogP contribution < -0.4 is 10.6 Å². The van der Waals surface area contributed by atoms with Gasteiger partial charge in [0.25, 0.3) is 5.91 Å². The van der Waals surface area contributed by atoms with E-state index in [1.807, 2.05) is 6.07 Å². The molecular formula is C24H25FN2O6. The number of carboxylic acid groups (broad SMARTS) is 2. The van der Waals surface area contributed by atoms with E-state index in [0.717, 1.165) is 13.1 Å². The van der Waals surface area contributed by atoms with Gasteiger partial charge in [0.15, 0.2) is 5.60 Å². The van der Waals surface area contributed by atoms with E-state index in [-0.39, 0.29) is 0 Å². The zero-order valence-corrected chi connectivity index (χ0v) is 17.6. The lowest BCUT2D eigenvalue weighted by Gasteiger charge is -2.28. The van der Waals surface area contributed by atoms with Gasteiger partial charge in [0, 0.05) is 18.7 Å². The van der Waals surface area contributed by atoms with Gasteiger partial charge in [-0.2, -0.15) is 0 Å². The van der Waals surface area contributed by atoms with Crippen molar-refractivity contribution in [2.45, 2.75) is 5.60 Å². The number of nitrogens with one attached hydrogen (secondary N) is 2. The van der Waals surface area contributed by atoms with E-state index >= 15 is 0 Å². The molecule has 0 aromatic heterocycles. The molecule has 1 amide bonds. The van der Waals surface area contributed by atoms with Crippen LogP contribution in [0.4, 0.5) is 4.39 Å². The lowest BCUT2D eigenvalue weighted by Crippen LogP contribution is -2.46. The standard InChI is InChI=1S/C20H21FN2O2.C4H4O4/c21-15-8-6-14(7-9-15)20(25,13-4-2-1-3-5-13)19(24)23-12-18-16-10-22-11-17(16)18;5-3(6)1-2-4(7)8/h1-9,16-18,22,25H,10-12H2,(H,23,24);1-2H,(H,5,6)(H,7,8)/b;2-1-/t16-,17+,18?,20?;. The second-order valence-electron chi connectivity index (χ2n) is 7.95. The van der Waals surface area contributed by atoms with Gasteiger partial charge in [0.05, 0.1) is 0 Å². The Labute approximate surface area is 189 Å². The molecule has 4 atom stereocenters. The van der Waals surface area contributed by atoms with Crippen molar-refractivity contribution >= 4 is 17.8 Å². The number of fused-ring (bicyclic) bond motifs is 1. The van der Waals surface area contributed by atoms with Gasteiger partial charge in [-0.15, -0.1) is 0 Å². The minimum atomic E-state index is -1.84. The molecule has 2 aromatic rings. The maximum atomic E-state index is 13.3. The molecule has 174 valence electrons. The molecule has 33 heavy (non-hydrogen) atoms. The summed E-state index contributed by atoms with van der Waals surface area (Å²) in [5.74, 6) is -1.63. The molecule has 2 aromatic carbocycles. The first-order valence-electron chi connectivity index (χ1n) is 10.4. The Morgan fingerprint density at radius 3 is 1.97 bits per heavy atom. The van der Waals surface area contributed by atoms with Crippen LogP contribution in [-0.2, 0) is 20.0 Å². The van der Waals surface area contributed by atoms with Gasteiger partial charge in [0.1, 0.15) is 5.82 Å². The topological polar surface area (TPSA) is 136 Å². The minimum Gasteiger partial charge on any atom is -0.478 e. The minimum absolute atomic E-state index is 0.357. The number of piperidine rings is 1. The molecule has 0 spiro atoms. The van der Waals surface area contributed by atoms with Crippen molar-refractivity contribution in [3.05, 3.63) is 83.7 Å². The van der Waals surface area contributed by atoms with Crippen molar-refractivity contribution in [3.8, 4) is 0 Å². The van der Waals surface area contributed by atoms with Crippen LogP contribution in [0.15, 0.2) is 66.7 Å². The number of benzene rings is 2. The average Bonchev–Trinajstić information content (AvgIpc) is 3.22. The Balaban J connectivity index is 0.000000331. The summed E-state index contributed by atoms with van der Waals surface area (Å²) >= 11 is 0. The molecule has 0 radical (unpaired) electrons. The second-order valence-corrected chi connectivity index (χ2v) is 7.95. The molecule has 1 aliphatic carbocycles. The summed E-state index contributed by atoms with van der Waals surface area (Å²) in [4.78, 5) is 32.0. The molecule has 1 aliphatic heterocycles. The monoisotopic (exact) mass is 456 g/mol. The van der Waals surface area contributed by atoms with Gasteiger partial charge in [0.2, 0.25) is 0 Å². The summed E-state index contributed by atoms with van der Waals surface area (Å²) in [6.07, 6.45) is 1.12. The lowest BCUT2D eigenvalue weighted by atomic mass is 9.85. The summed E-state index contributed by atoms with van der Waals surface area (Å²) in [5.41, 5.74) is -1.01. The number of carboxylic acids is 2. The molecule has 0 bridgehead atoms. The molecule has 8 nitrogen and oxygen atoms in total. The van der Waals surface area contributed by atoms with Crippen molar-refractivity contribution in [2.75, 3.05) is 19.6 Å². The number of halogens is 1. The number of aliphatic carboxylic acids is 2. The summed E-state index contributed by atoms with van der Waals surface area (Å²) in [7, 11) is 0. The van der Waals surface area contributed by atoms with Gasteiger partial charge in [-0.25, -0.2) is 14.0 Å². The van der Waals surface area contributed by atoms with Gasteiger partial charge in [-0.1, -0.05) is 42.5 Å². The Morgan fingerprint density at radius 2 is 1.45 bits per heavy atom. The van der Waals surface area contributed by atoms with E-state index in [2.05, 4.69) is 10.6 Å². The first-order chi connectivity index (χ1) is 15.7. The Kier molecular flexibility index (Phi) is 7.57. The smallest absolute Gasteiger partial charge is 0.328 e. The fourth-order valence-electron chi connectivity index (χ4n) is 4.13. The normalized spacial score (nSPS) is 22.4. The molecule has 2 fully saturated rings. The molecular weight excluding hydrogens is 431 g/mol. The maximum absolute atomic E-state index is 13.3. The lowest BCUT2D eigenvalue weighted by molar-refractivity contribution is -0.136. The van der Waals surface area contributed by atoms with E-state index in [1.54, 1.807) is 24.3 Å². The fourth-order valence-corrected chi connectivity index (χ4v) is 4.13. The summed E-state index contributed by atoms with van der Waals surface area (Å²) in [6.45, 7) is 2.57. The third-order valence-electron chi connectivity index (χ3n) is 5.92. The van der Waals surface area contributed by atoms with E-state index in [9.17, 15) is 23.9 Å². The SMILES string of the molecule is O=C(NCC1[C@H]2CNC[C@@H]12)C(O)(c1ccccc1)c1ccc(F)cc1.O=C(O)/C=C\C(=O)O. The van der Waals surface area contributed by atoms with Crippen LogP contribution in [0.5, 0.6) is 0 Å². The zero-order chi connectivity index (χ0) is 24.0. The molecule has 1 saturated carbocycles. The Morgan fingerprint density at radius 1 is 0.939 bits per heavy atom. The number of rotatable bonds is 7. The van der Waals surface area contributed by atoms with Crippen molar-refractivity contribution in [1.82, 2.24) is 10.6 Å². The number of aliphatic hydroxyl groups is 1. The highest BCUT2D eigenvalue weighted by Crippen LogP contribution is 2.48. The van der Waals surface area contributed by atoms with Gasteiger partial charge in [-0.05, 0) is 54.1 Å². The quantitative estimate of drug-likeness (QED) is 0.397. The van der Waals surface area contributed by atoms with Gasteiger partial charge < -0.3 is 26.0 Å². The molecule has 5 N–H and O–H groups in total. The predicted molar refractivity (Wildman–Crippen MR) is 117 cm³/mol. The van der Waals surface area contributed by atoms with Crippen LogP contribution in [0.3, 0.4) is 0 Å². The van der Waals surface area contributed by atoms with Crippen LogP contribution in [0.2, 0.25) is 0 Å². The second kappa shape index (κ2) is 10.4. The van der Waals surface area contributed by atoms with E-state index in [4.69, 9.17) is 10.2 Å². The molecule has 9 heteroatoms. The summed E-state index contributed by atoms with van der Waals surface area (Å²) < 4.78 is 13.3. The zero-order valence-electron chi connectivity index (χ0n) is 17.6. The van der Waals surface area contributed by atoms with Crippen LogP contribution in [0, 0.1) is 23.6 Å². The molecule has 2 unspecified atom stereocenters. The molecule has 1 saturated heterocycles. The van der Waals surface area contributed by atoms with Crippen LogP contribution >= 0.6 is 0 Å². The highest BCUT2D eigenvalue weighted by Gasteiger charge is 2.53. The van der Waals surface area contributed by atoms with Crippen molar-refractivity contribution in [2.24, 2.45) is 17.8 Å². The van der Waals surface area contributed by atoms with Crippen molar-refractivity contribution < 1.29 is 34.1 Å². The fraction of sp³-hybridized carbons (Fsp3) is 0.292. The number of hydrogen-bond donors (Lipinski definition) is 5. The van der Waals surface area contributed by atoms with Crippen molar-refractivity contribution in [1.29, 1.82) is 0 Å². The first-order valence-corrected chi connectivity index (χ1v) is 10.4. The molecule has 4 rings (SSSR count). The maximum Gasteiger partial charge on any atom is 0.328 e. The van der Waals surface area contributed by atoms with Gasteiger partial charge >= 0.3 is 11.9 Å². The van der Waals surface area contributed by atoms with Crippen LogP contribution in [-0.4, -0.2) is 52.8 Å². The van der Waals surface area contributed by atoms with E-state index in [0.29, 0.717) is 47.6 Å². The summed E-state index contributed by atoms with van der Waals surface area (Å²) in [6, 6.07) is 14.2. The van der Waals surface area contributed by atoms with Crippen LogP contribution in [0.1, 0.15) is 11.1 Å². The number of carbonyl (C=O) groups excluding carboxylic acids is 1. The Hall–Kier alpha value is -3.56. The van der Waals surface area contributed by atoms with Gasteiger partial charge in [-0.3, -0.25) is 4.79 Å². The number of hydrogen-bond acceptors (Lipinski definition) is 5. The predicted octanol–water partition coefficient (Wildman–Crippen LogP) is 1.35. The highest BCUT2D eigenvalue weighted by atomic mass is 19.1. The third kappa shape index (κ3) is 5.82. The van der Waals surface area contributed by atoms with E-state index in [1.165, 1.54) is 24.3 Å². The summed E-state index contributed by atoms with van der Waals surface area (Å²) in [5, 5.41) is 33.2. The highest BCUT2D eigenvalue weighted by molar-refractivity contribution is 5.90. The number of amides is 1. The number of carbonyl (C=O) groups is 3.